The van der Waals surface area contributed by atoms with Gasteiger partial charge in [0.1, 0.15) is 12.0 Å². The van der Waals surface area contributed by atoms with Crippen LogP contribution in [0.15, 0.2) is 18.2 Å². The molecule has 1 fully saturated rings. The normalized spacial score (nSPS) is 16.6. The number of alkyl halides is 1. The van der Waals surface area contributed by atoms with Gasteiger partial charge in [-0.25, -0.2) is 8.78 Å². The number of halogens is 2. The maximum absolute atomic E-state index is 12.9. The van der Waals surface area contributed by atoms with Crippen molar-refractivity contribution in [3.63, 3.8) is 0 Å². The van der Waals surface area contributed by atoms with Gasteiger partial charge in [0, 0.05) is 5.56 Å². The molecule has 1 saturated heterocycles. The van der Waals surface area contributed by atoms with Gasteiger partial charge in [-0.3, -0.25) is 4.79 Å². The van der Waals surface area contributed by atoms with Gasteiger partial charge < -0.3 is 4.90 Å². The van der Waals surface area contributed by atoms with Gasteiger partial charge in [0.2, 0.25) is 0 Å². The van der Waals surface area contributed by atoms with E-state index >= 15 is 0 Å². The fourth-order valence-electron chi connectivity index (χ4n) is 1.51. The number of rotatable bonds is 2. The van der Waals surface area contributed by atoms with Crippen molar-refractivity contribution in [1.82, 2.24) is 0 Å². The van der Waals surface area contributed by atoms with Gasteiger partial charge in [0.05, 0.1) is 18.8 Å². The largest absolute Gasteiger partial charge is 0.365 e. The first-order valence-electron chi connectivity index (χ1n) is 4.34. The molecule has 0 bridgehead atoms. The summed E-state index contributed by atoms with van der Waals surface area (Å²) in [6, 6.07) is 3.89. The summed E-state index contributed by atoms with van der Waals surface area (Å²) < 4.78 is 25.4. The summed E-state index contributed by atoms with van der Waals surface area (Å²) >= 11 is 0. The zero-order valence-electron chi connectivity index (χ0n) is 7.41. The summed E-state index contributed by atoms with van der Waals surface area (Å²) in [5.41, 5.74) is 0.882. The lowest BCUT2D eigenvalue weighted by Crippen LogP contribution is -2.48. The van der Waals surface area contributed by atoms with Gasteiger partial charge in [0.25, 0.3) is 0 Å². The minimum atomic E-state index is -0.863. The van der Waals surface area contributed by atoms with Crippen LogP contribution < -0.4 is 4.90 Å². The average molecular weight is 197 g/mol. The second-order valence-electron chi connectivity index (χ2n) is 3.32. The Hall–Kier alpha value is -1.45. The fraction of sp³-hybridized carbons (Fsp3) is 0.300. The lowest BCUT2D eigenvalue weighted by Gasteiger charge is -2.37. The summed E-state index contributed by atoms with van der Waals surface area (Å²) in [7, 11) is 0. The van der Waals surface area contributed by atoms with Gasteiger partial charge >= 0.3 is 0 Å². The Labute approximate surface area is 80.1 Å². The highest BCUT2D eigenvalue weighted by atomic mass is 19.1. The molecule has 74 valence electrons. The molecule has 0 unspecified atom stereocenters. The zero-order chi connectivity index (χ0) is 10.1. The molecule has 2 nitrogen and oxygen atoms in total. The van der Waals surface area contributed by atoms with Gasteiger partial charge in [-0.05, 0) is 18.2 Å². The third-order valence-corrected chi connectivity index (χ3v) is 2.30. The van der Waals surface area contributed by atoms with E-state index in [0.717, 1.165) is 0 Å². The van der Waals surface area contributed by atoms with Crippen molar-refractivity contribution in [3.8, 4) is 0 Å². The second-order valence-corrected chi connectivity index (χ2v) is 3.32. The lowest BCUT2D eigenvalue weighted by atomic mass is 10.1. The summed E-state index contributed by atoms with van der Waals surface area (Å²) in [5, 5.41) is 0. The van der Waals surface area contributed by atoms with E-state index in [4.69, 9.17) is 0 Å². The average Bonchev–Trinajstić information content (AvgIpc) is 2.13. The SMILES string of the molecule is O=Cc1ccc(F)cc1N1CC(F)C1. The van der Waals surface area contributed by atoms with Crippen LogP contribution in [0.1, 0.15) is 10.4 Å². The topological polar surface area (TPSA) is 20.3 Å². The Bertz CT molecular complexity index is 361. The van der Waals surface area contributed by atoms with E-state index in [9.17, 15) is 13.6 Å². The first kappa shape index (κ1) is 9.12. The predicted molar refractivity (Wildman–Crippen MR) is 48.9 cm³/mol. The van der Waals surface area contributed by atoms with Gasteiger partial charge in [0.15, 0.2) is 6.29 Å². The Balaban J connectivity index is 2.30. The van der Waals surface area contributed by atoms with Crippen LogP contribution in [0, 0.1) is 5.82 Å². The maximum atomic E-state index is 12.9. The molecule has 4 heteroatoms. The molecule has 14 heavy (non-hydrogen) atoms. The van der Waals surface area contributed by atoms with Crippen molar-refractivity contribution >= 4 is 12.0 Å². The van der Waals surface area contributed by atoms with Gasteiger partial charge in [-0.1, -0.05) is 0 Å². The molecule has 0 saturated carbocycles. The third kappa shape index (κ3) is 1.47. The molecule has 0 spiro atoms. The van der Waals surface area contributed by atoms with Crippen LogP contribution in [0.5, 0.6) is 0 Å². The summed E-state index contributed by atoms with van der Waals surface area (Å²) in [5.74, 6) is -0.409. The number of benzene rings is 1. The van der Waals surface area contributed by atoms with Gasteiger partial charge in [-0.15, -0.1) is 0 Å². The summed E-state index contributed by atoms with van der Waals surface area (Å²) in [6.07, 6.45) is -0.210. The zero-order valence-corrected chi connectivity index (χ0v) is 7.41. The van der Waals surface area contributed by atoms with Crippen LogP contribution in [-0.2, 0) is 0 Å². The number of carbonyl (C=O) groups excluding carboxylic acids is 1. The van der Waals surface area contributed by atoms with Crippen LogP contribution in [0.25, 0.3) is 0 Å². The highest BCUT2D eigenvalue weighted by Gasteiger charge is 2.27. The predicted octanol–water partition coefficient (Wildman–Crippen LogP) is 1.80. The lowest BCUT2D eigenvalue weighted by molar-refractivity contribution is 0.112. The molecule has 1 heterocycles. The van der Waals surface area contributed by atoms with Gasteiger partial charge in [-0.2, -0.15) is 0 Å². The number of hydrogen-bond acceptors (Lipinski definition) is 2. The first-order chi connectivity index (χ1) is 6.70. The molecular weight excluding hydrogens is 188 g/mol. The number of hydrogen-bond donors (Lipinski definition) is 0. The van der Waals surface area contributed by atoms with Crippen molar-refractivity contribution in [3.05, 3.63) is 29.6 Å². The van der Waals surface area contributed by atoms with Crippen LogP contribution in [-0.4, -0.2) is 25.5 Å². The second kappa shape index (κ2) is 3.36. The molecular formula is C10H9F2NO. The Morgan fingerprint density at radius 2 is 2.14 bits per heavy atom. The highest BCUT2D eigenvalue weighted by Crippen LogP contribution is 2.26. The molecule has 1 aromatic rings. The van der Waals surface area contributed by atoms with E-state index < -0.39 is 12.0 Å². The number of nitrogens with zero attached hydrogens (tertiary/aromatic N) is 1. The molecule has 2 rings (SSSR count). The third-order valence-electron chi connectivity index (χ3n) is 2.30. The molecule has 1 aromatic carbocycles. The van der Waals surface area contributed by atoms with Crippen LogP contribution in [0.4, 0.5) is 14.5 Å². The Morgan fingerprint density at radius 1 is 1.43 bits per heavy atom. The molecule has 0 aliphatic carbocycles. The smallest absolute Gasteiger partial charge is 0.152 e. The monoisotopic (exact) mass is 197 g/mol. The first-order valence-corrected chi connectivity index (χ1v) is 4.34. The molecule has 0 atom stereocenters. The Morgan fingerprint density at radius 3 is 2.71 bits per heavy atom. The number of carbonyl (C=O) groups is 1. The van der Waals surface area contributed by atoms with Crippen molar-refractivity contribution in [2.24, 2.45) is 0 Å². The minimum Gasteiger partial charge on any atom is -0.365 e. The Kier molecular flexibility index (Phi) is 2.19. The minimum absolute atomic E-state index is 0.240. The number of aldehydes is 1. The maximum Gasteiger partial charge on any atom is 0.152 e. The van der Waals surface area contributed by atoms with E-state index in [1.807, 2.05) is 0 Å². The molecule has 0 amide bonds. The molecule has 0 radical (unpaired) electrons. The van der Waals surface area contributed by atoms with Crippen LogP contribution in [0.3, 0.4) is 0 Å². The molecule has 1 aliphatic rings. The highest BCUT2D eigenvalue weighted by molar-refractivity contribution is 5.84. The van der Waals surface area contributed by atoms with Crippen molar-refractivity contribution < 1.29 is 13.6 Å². The number of anilines is 1. The van der Waals surface area contributed by atoms with Crippen molar-refractivity contribution in [2.75, 3.05) is 18.0 Å². The summed E-state index contributed by atoms with van der Waals surface area (Å²) in [4.78, 5) is 12.3. The molecule has 1 aliphatic heterocycles. The molecule has 0 N–H and O–H groups in total. The fourth-order valence-corrected chi connectivity index (χ4v) is 1.51. The van der Waals surface area contributed by atoms with E-state index in [2.05, 4.69) is 0 Å². The van der Waals surface area contributed by atoms with E-state index in [1.165, 1.54) is 18.2 Å². The van der Waals surface area contributed by atoms with Crippen molar-refractivity contribution in [1.29, 1.82) is 0 Å². The van der Waals surface area contributed by atoms with Crippen LogP contribution in [0.2, 0.25) is 0 Å². The van der Waals surface area contributed by atoms with E-state index in [1.54, 1.807) is 4.90 Å². The van der Waals surface area contributed by atoms with E-state index in [0.29, 0.717) is 17.5 Å². The summed E-state index contributed by atoms with van der Waals surface area (Å²) in [6.45, 7) is 0.481. The van der Waals surface area contributed by atoms with Crippen molar-refractivity contribution in [2.45, 2.75) is 6.17 Å². The van der Waals surface area contributed by atoms with E-state index in [-0.39, 0.29) is 13.1 Å². The quantitative estimate of drug-likeness (QED) is 0.674. The van der Waals surface area contributed by atoms with Crippen LogP contribution >= 0.6 is 0 Å². The standard InChI is InChI=1S/C10H9F2NO/c11-8-2-1-7(6-14)10(3-8)13-4-9(12)5-13/h1-3,6,9H,4-5H2. The molecule has 0 aromatic heterocycles.